The second-order valence-corrected chi connectivity index (χ2v) is 8.95. The molecule has 8 nitrogen and oxygen atoms in total. The molecule has 9 heteroatoms. The van der Waals surface area contributed by atoms with Crippen LogP contribution >= 0.6 is 0 Å². The number of halogens is 1. The highest BCUT2D eigenvalue weighted by molar-refractivity contribution is 6.22. The molecule has 3 aliphatic heterocycles. The Morgan fingerprint density at radius 3 is 2.80 bits per heavy atom. The highest BCUT2D eigenvalue weighted by Crippen LogP contribution is 2.42. The van der Waals surface area contributed by atoms with E-state index in [9.17, 15) is 14.0 Å². The molecule has 0 saturated carbocycles. The van der Waals surface area contributed by atoms with Crippen molar-refractivity contribution in [1.82, 2.24) is 15.2 Å². The van der Waals surface area contributed by atoms with Gasteiger partial charge in [-0.25, -0.2) is 9.37 Å². The molecular formula is C26H30FN5O3. The van der Waals surface area contributed by atoms with E-state index in [2.05, 4.69) is 15.2 Å². The van der Waals surface area contributed by atoms with Crippen LogP contribution in [0.2, 0.25) is 0 Å². The molecule has 0 radical (unpaired) electrons. The van der Waals surface area contributed by atoms with Gasteiger partial charge < -0.3 is 19.9 Å². The van der Waals surface area contributed by atoms with Crippen molar-refractivity contribution in [2.75, 3.05) is 49.1 Å². The maximum absolute atomic E-state index is 14.7. The van der Waals surface area contributed by atoms with E-state index in [0.29, 0.717) is 36.8 Å². The van der Waals surface area contributed by atoms with Crippen LogP contribution in [-0.2, 0) is 16.1 Å². The molecular weight excluding hydrogens is 449 g/mol. The van der Waals surface area contributed by atoms with Crippen LogP contribution < -0.4 is 19.9 Å². The Hall–Kier alpha value is -3.46. The van der Waals surface area contributed by atoms with Gasteiger partial charge in [0, 0.05) is 50.4 Å². The molecule has 1 aromatic heterocycles. The number of aromatic nitrogens is 1. The number of amides is 1. The molecule has 1 fully saturated rings. The number of rotatable bonds is 8. The third-order valence-electron chi connectivity index (χ3n) is 6.77. The maximum Gasteiger partial charge on any atom is 0.258 e. The SMILES string of the molecule is CCN1C2=C(C(=O)NCc3ccc(OCCN4CCCC4)cc3F)C(=O)CCN2c2cccnc21. The van der Waals surface area contributed by atoms with Gasteiger partial charge in [-0.05, 0) is 51.1 Å². The predicted molar refractivity (Wildman–Crippen MR) is 131 cm³/mol. The fourth-order valence-corrected chi connectivity index (χ4v) is 4.98. The van der Waals surface area contributed by atoms with E-state index >= 15 is 0 Å². The van der Waals surface area contributed by atoms with Crippen molar-refractivity contribution >= 4 is 23.2 Å². The highest BCUT2D eigenvalue weighted by atomic mass is 19.1. The number of ketones is 1. The molecule has 3 aliphatic rings. The zero-order chi connectivity index (χ0) is 24.4. The molecule has 5 rings (SSSR count). The summed E-state index contributed by atoms with van der Waals surface area (Å²) in [5.74, 6) is 0.572. The summed E-state index contributed by atoms with van der Waals surface area (Å²) in [6.45, 7) is 6.50. The largest absolute Gasteiger partial charge is 0.492 e. The minimum absolute atomic E-state index is 0.0277. The van der Waals surface area contributed by atoms with Crippen LogP contribution in [0.1, 0.15) is 31.7 Å². The van der Waals surface area contributed by atoms with Gasteiger partial charge in [0.1, 0.15) is 29.6 Å². The van der Waals surface area contributed by atoms with Crippen LogP contribution in [0.3, 0.4) is 0 Å². The van der Waals surface area contributed by atoms with Crippen molar-refractivity contribution in [3.05, 3.63) is 59.3 Å². The van der Waals surface area contributed by atoms with E-state index in [1.54, 1.807) is 18.3 Å². The van der Waals surface area contributed by atoms with Crippen molar-refractivity contribution in [2.45, 2.75) is 32.7 Å². The van der Waals surface area contributed by atoms with Crippen molar-refractivity contribution in [3.63, 3.8) is 0 Å². The van der Waals surface area contributed by atoms with Crippen molar-refractivity contribution < 1.29 is 18.7 Å². The van der Waals surface area contributed by atoms with Crippen molar-refractivity contribution in [1.29, 1.82) is 0 Å². The van der Waals surface area contributed by atoms with Crippen molar-refractivity contribution in [3.8, 4) is 5.75 Å². The number of benzene rings is 1. The molecule has 1 aromatic carbocycles. The second-order valence-electron chi connectivity index (χ2n) is 8.95. The minimum Gasteiger partial charge on any atom is -0.492 e. The number of Topliss-reactive ketones (excluding diaryl/α,β-unsaturated/α-hetero) is 1. The zero-order valence-corrected chi connectivity index (χ0v) is 19.9. The Morgan fingerprint density at radius 2 is 2.03 bits per heavy atom. The summed E-state index contributed by atoms with van der Waals surface area (Å²) in [6, 6.07) is 8.45. The Bertz CT molecular complexity index is 1150. The quantitative estimate of drug-likeness (QED) is 0.584. The lowest BCUT2D eigenvalue weighted by Crippen LogP contribution is -2.42. The number of fused-ring (bicyclic) bond motifs is 3. The Morgan fingerprint density at radius 1 is 1.20 bits per heavy atom. The van der Waals surface area contributed by atoms with Gasteiger partial charge in [0.2, 0.25) is 0 Å². The van der Waals surface area contributed by atoms with E-state index in [1.807, 2.05) is 28.9 Å². The minimum atomic E-state index is -0.508. The summed E-state index contributed by atoms with van der Waals surface area (Å²) >= 11 is 0. The summed E-state index contributed by atoms with van der Waals surface area (Å²) in [6.07, 6.45) is 4.37. The zero-order valence-electron chi connectivity index (χ0n) is 19.9. The third-order valence-corrected chi connectivity index (χ3v) is 6.77. The Labute approximate surface area is 204 Å². The predicted octanol–water partition coefficient (Wildman–Crippen LogP) is 2.84. The maximum atomic E-state index is 14.7. The van der Waals surface area contributed by atoms with Crippen LogP contribution in [0.4, 0.5) is 15.9 Å². The molecule has 0 bridgehead atoms. The van der Waals surface area contributed by atoms with Gasteiger partial charge in [0.25, 0.3) is 5.91 Å². The lowest BCUT2D eigenvalue weighted by Gasteiger charge is -2.30. The number of nitrogens with one attached hydrogen (secondary N) is 1. The summed E-state index contributed by atoms with van der Waals surface area (Å²) in [5.41, 5.74) is 1.31. The third kappa shape index (κ3) is 4.60. The standard InChI is InChI=1S/C26H30FN5O3/c1-2-31-24-21(6-5-10-28-24)32-13-9-22(33)23(26(31)32)25(34)29-17-18-7-8-19(16-20(18)27)35-15-14-30-11-3-4-12-30/h5-8,10,16H,2-4,9,11-15,17H2,1H3,(H,29,34). The molecule has 0 aliphatic carbocycles. The van der Waals surface area contributed by atoms with Gasteiger partial charge >= 0.3 is 0 Å². The Balaban J connectivity index is 1.27. The molecule has 35 heavy (non-hydrogen) atoms. The monoisotopic (exact) mass is 479 g/mol. The number of carbonyl (C=O) groups is 2. The normalized spacial score (nSPS) is 17.6. The molecule has 0 atom stereocenters. The summed E-state index contributed by atoms with van der Waals surface area (Å²) < 4.78 is 20.4. The summed E-state index contributed by atoms with van der Waals surface area (Å²) in [4.78, 5) is 36.6. The number of pyridine rings is 1. The van der Waals surface area contributed by atoms with Crippen LogP contribution in [0, 0.1) is 5.82 Å². The summed E-state index contributed by atoms with van der Waals surface area (Å²) in [5, 5.41) is 2.74. The van der Waals surface area contributed by atoms with Crippen LogP contribution in [0.25, 0.3) is 0 Å². The molecule has 4 heterocycles. The van der Waals surface area contributed by atoms with Crippen molar-refractivity contribution in [2.24, 2.45) is 0 Å². The number of hydrogen-bond donors (Lipinski definition) is 1. The number of ether oxygens (including phenoxy) is 1. The first kappa shape index (κ1) is 23.3. The number of likely N-dealkylation sites (tertiary alicyclic amines) is 1. The van der Waals surface area contributed by atoms with Gasteiger partial charge in [-0.1, -0.05) is 6.07 Å². The number of anilines is 2. The molecule has 1 N–H and O–H groups in total. The summed E-state index contributed by atoms with van der Waals surface area (Å²) in [7, 11) is 0. The first-order valence-electron chi connectivity index (χ1n) is 12.3. The van der Waals surface area contributed by atoms with Crippen LogP contribution in [-0.4, -0.2) is 60.9 Å². The van der Waals surface area contributed by atoms with E-state index in [0.717, 1.165) is 31.1 Å². The van der Waals surface area contributed by atoms with Gasteiger partial charge in [0.05, 0.1) is 5.69 Å². The van der Waals surface area contributed by atoms with Gasteiger partial charge in [-0.2, -0.15) is 0 Å². The number of hydrogen-bond acceptors (Lipinski definition) is 7. The fraction of sp³-hybridized carbons (Fsp3) is 0.423. The first-order valence-corrected chi connectivity index (χ1v) is 12.3. The molecule has 184 valence electrons. The average Bonchev–Trinajstić information content (AvgIpc) is 3.49. The smallest absolute Gasteiger partial charge is 0.258 e. The molecule has 1 amide bonds. The second kappa shape index (κ2) is 10.0. The van der Waals surface area contributed by atoms with Crippen LogP contribution in [0.5, 0.6) is 5.75 Å². The molecule has 0 spiro atoms. The molecule has 0 unspecified atom stereocenters. The average molecular weight is 480 g/mol. The van der Waals surface area contributed by atoms with Gasteiger partial charge in [-0.15, -0.1) is 0 Å². The molecule has 2 aromatic rings. The van der Waals surface area contributed by atoms with Gasteiger partial charge in [0.15, 0.2) is 11.6 Å². The van der Waals surface area contributed by atoms with Crippen LogP contribution in [0.15, 0.2) is 47.9 Å². The van der Waals surface area contributed by atoms with E-state index in [1.165, 1.54) is 18.9 Å². The van der Waals surface area contributed by atoms with E-state index in [4.69, 9.17) is 4.74 Å². The topological polar surface area (TPSA) is 78.0 Å². The molecule has 1 saturated heterocycles. The van der Waals surface area contributed by atoms with Gasteiger partial charge in [-0.3, -0.25) is 14.5 Å². The van der Waals surface area contributed by atoms with E-state index < -0.39 is 11.7 Å². The highest BCUT2D eigenvalue weighted by Gasteiger charge is 2.41. The lowest BCUT2D eigenvalue weighted by molar-refractivity contribution is -0.123. The number of carbonyl (C=O) groups excluding carboxylic acids is 2. The number of nitrogens with zero attached hydrogens (tertiary/aromatic N) is 4. The fourth-order valence-electron chi connectivity index (χ4n) is 4.98. The lowest BCUT2D eigenvalue weighted by atomic mass is 10.0. The Kier molecular flexibility index (Phi) is 6.68. The van der Waals surface area contributed by atoms with E-state index in [-0.39, 0.29) is 24.3 Å². The first-order chi connectivity index (χ1) is 17.1.